The zero-order chi connectivity index (χ0) is 15.5. The summed E-state index contributed by atoms with van der Waals surface area (Å²) in [5.74, 6) is 0.836. The van der Waals surface area contributed by atoms with Gasteiger partial charge in [0, 0.05) is 12.5 Å². The molecule has 0 spiro atoms. The third-order valence-electron chi connectivity index (χ3n) is 5.14. The predicted molar refractivity (Wildman–Crippen MR) is 88.4 cm³/mol. The number of hydrogen-bond acceptors (Lipinski definition) is 4. The summed E-state index contributed by atoms with van der Waals surface area (Å²) in [6.07, 6.45) is 9.13. The Balaban J connectivity index is 1.57. The predicted octanol–water partition coefficient (Wildman–Crippen LogP) is 3.39. The molecule has 0 saturated heterocycles. The number of aliphatic hydroxyl groups is 1. The summed E-state index contributed by atoms with van der Waals surface area (Å²) in [6, 6.07) is 0. The Labute approximate surface area is 136 Å². The van der Waals surface area contributed by atoms with Gasteiger partial charge in [-0.3, -0.25) is 4.79 Å². The van der Waals surface area contributed by atoms with Gasteiger partial charge in [-0.2, -0.15) is 0 Å². The molecule has 22 heavy (non-hydrogen) atoms. The molecule has 4 nitrogen and oxygen atoms in total. The Morgan fingerprint density at radius 1 is 1.27 bits per heavy atom. The first-order valence-corrected chi connectivity index (χ1v) is 9.40. The standard InChI is InChI=1S/C17H26N2O2S/c1-11-15(22-17(19-11)13-8-4-5-9-13)16(21)18-10-14(20)12-6-2-3-7-12/h12-14,20H,2-10H2,1H3,(H,18,21). The molecule has 1 amide bonds. The minimum atomic E-state index is -0.408. The molecule has 2 saturated carbocycles. The largest absolute Gasteiger partial charge is 0.391 e. The summed E-state index contributed by atoms with van der Waals surface area (Å²) in [5, 5.41) is 14.2. The molecule has 0 radical (unpaired) electrons. The van der Waals surface area contributed by atoms with Gasteiger partial charge in [0.25, 0.3) is 5.91 Å². The highest BCUT2D eigenvalue weighted by Crippen LogP contribution is 2.37. The average molecular weight is 322 g/mol. The van der Waals surface area contributed by atoms with Gasteiger partial charge in [-0.25, -0.2) is 4.98 Å². The van der Waals surface area contributed by atoms with Crippen LogP contribution in [0.1, 0.15) is 77.7 Å². The monoisotopic (exact) mass is 322 g/mol. The van der Waals surface area contributed by atoms with E-state index in [0.29, 0.717) is 18.4 Å². The van der Waals surface area contributed by atoms with E-state index in [4.69, 9.17) is 0 Å². The van der Waals surface area contributed by atoms with Crippen LogP contribution >= 0.6 is 11.3 Å². The molecular formula is C17H26N2O2S. The molecule has 1 unspecified atom stereocenters. The Morgan fingerprint density at radius 2 is 1.91 bits per heavy atom. The first-order chi connectivity index (χ1) is 10.6. The van der Waals surface area contributed by atoms with Crippen LogP contribution in [0.3, 0.4) is 0 Å². The lowest BCUT2D eigenvalue weighted by atomic mass is 10.0. The maximum atomic E-state index is 12.4. The van der Waals surface area contributed by atoms with Gasteiger partial charge in [-0.15, -0.1) is 11.3 Å². The number of carbonyl (C=O) groups is 1. The normalized spacial score (nSPS) is 21.4. The summed E-state index contributed by atoms with van der Waals surface area (Å²) in [7, 11) is 0. The number of rotatable bonds is 5. The summed E-state index contributed by atoms with van der Waals surface area (Å²) in [6.45, 7) is 2.27. The van der Waals surface area contributed by atoms with Crippen LogP contribution in [0.4, 0.5) is 0 Å². The van der Waals surface area contributed by atoms with Crippen LogP contribution in [0, 0.1) is 12.8 Å². The van der Waals surface area contributed by atoms with Crippen molar-refractivity contribution in [2.45, 2.75) is 70.3 Å². The molecule has 122 valence electrons. The Hall–Kier alpha value is -0.940. The molecule has 2 aliphatic rings. The number of nitrogens with one attached hydrogen (secondary N) is 1. The van der Waals surface area contributed by atoms with E-state index in [1.807, 2.05) is 6.92 Å². The fourth-order valence-corrected chi connectivity index (χ4v) is 4.91. The quantitative estimate of drug-likeness (QED) is 0.873. The second kappa shape index (κ2) is 7.09. The van der Waals surface area contributed by atoms with E-state index in [2.05, 4.69) is 10.3 Å². The SMILES string of the molecule is Cc1nc(C2CCCC2)sc1C(=O)NCC(O)C1CCCC1. The van der Waals surface area contributed by atoms with Gasteiger partial charge < -0.3 is 10.4 Å². The number of hydrogen-bond donors (Lipinski definition) is 2. The molecule has 2 N–H and O–H groups in total. The zero-order valence-corrected chi connectivity index (χ0v) is 14.1. The smallest absolute Gasteiger partial charge is 0.263 e. The number of aliphatic hydroxyl groups excluding tert-OH is 1. The summed E-state index contributed by atoms with van der Waals surface area (Å²) in [4.78, 5) is 17.7. The molecule has 0 bridgehead atoms. The van der Waals surface area contributed by atoms with Crippen LogP contribution in [0.15, 0.2) is 0 Å². The molecule has 0 aromatic carbocycles. The van der Waals surface area contributed by atoms with Gasteiger partial charge in [-0.05, 0) is 38.5 Å². The third-order valence-corrected chi connectivity index (χ3v) is 6.46. The molecule has 0 aliphatic heterocycles. The fraction of sp³-hybridized carbons (Fsp3) is 0.765. The Bertz CT molecular complexity index is 517. The maximum Gasteiger partial charge on any atom is 0.263 e. The van der Waals surface area contributed by atoms with E-state index in [9.17, 15) is 9.90 Å². The number of aromatic nitrogens is 1. The van der Waals surface area contributed by atoms with E-state index in [1.54, 1.807) is 11.3 Å². The minimum Gasteiger partial charge on any atom is -0.391 e. The van der Waals surface area contributed by atoms with Crippen molar-refractivity contribution in [3.63, 3.8) is 0 Å². The first kappa shape index (κ1) is 15.9. The third kappa shape index (κ3) is 3.51. The van der Waals surface area contributed by atoms with Crippen LogP contribution in [0.25, 0.3) is 0 Å². The molecule has 2 fully saturated rings. The molecule has 1 heterocycles. The van der Waals surface area contributed by atoms with Crippen LogP contribution in [0.2, 0.25) is 0 Å². The molecule has 1 aromatic heterocycles. The molecule has 3 rings (SSSR count). The van der Waals surface area contributed by atoms with E-state index < -0.39 is 6.10 Å². The maximum absolute atomic E-state index is 12.4. The summed E-state index contributed by atoms with van der Waals surface area (Å²) >= 11 is 1.54. The lowest BCUT2D eigenvalue weighted by molar-refractivity contribution is 0.0843. The number of nitrogens with zero attached hydrogens (tertiary/aromatic N) is 1. The second-order valence-corrected chi connectivity index (χ2v) is 7.80. The molecule has 5 heteroatoms. The summed E-state index contributed by atoms with van der Waals surface area (Å²) < 4.78 is 0. The van der Waals surface area contributed by atoms with Crippen LogP contribution < -0.4 is 5.32 Å². The van der Waals surface area contributed by atoms with Crippen molar-refractivity contribution in [2.24, 2.45) is 5.92 Å². The number of aryl methyl sites for hydroxylation is 1. The molecule has 1 atom stereocenters. The lowest BCUT2D eigenvalue weighted by Gasteiger charge is -2.17. The number of thiazole rings is 1. The van der Waals surface area contributed by atoms with E-state index in [-0.39, 0.29) is 5.91 Å². The minimum absolute atomic E-state index is 0.0729. The molecule has 2 aliphatic carbocycles. The van der Waals surface area contributed by atoms with Crippen molar-refractivity contribution in [2.75, 3.05) is 6.54 Å². The van der Waals surface area contributed by atoms with Gasteiger partial charge in [0.05, 0.1) is 16.8 Å². The van der Waals surface area contributed by atoms with Gasteiger partial charge in [-0.1, -0.05) is 25.7 Å². The molecular weight excluding hydrogens is 296 g/mol. The van der Waals surface area contributed by atoms with Crippen LogP contribution in [-0.4, -0.2) is 28.6 Å². The van der Waals surface area contributed by atoms with Gasteiger partial charge in [0.15, 0.2) is 0 Å². The van der Waals surface area contributed by atoms with Crippen molar-refractivity contribution < 1.29 is 9.90 Å². The van der Waals surface area contributed by atoms with E-state index in [0.717, 1.165) is 28.4 Å². The van der Waals surface area contributed by atoms with Gasteiger partial charge in [0.1, 0.15) is 4.88 Å². The van der Waals surface area contributed by atoms with Gasteiger partial charge in [0.2, 0.25) is 0 Å². The van der Waals surface area contributed by atoms with E-state index in [1.165, 1.54) is 38.5 Å². The van der Waals surface area contributed by atoms with Crippen molar-refractivity contribution in [1.82, 2.24) is 10.3 Å². The average Bonchev–Trinajstić information content (AvgIpc) is 3.23. The lowest BCUT2D eigenvalue weighted by Crippen LogP contribution is -2.35. The Morgan fingerprint density at radius 3 is 2.59 bits per heavy atom. The second-order valence-electron chi connectivity index (χ2n) is 6.77. The zero-order valence-electron chi connectivity index (χ0n) is 13.3. The van der Waals surface area contributed by atoms with Gasteiger partial charge >= 0.3 is 0 Å². The topological polar surface area (TPSA) is 62.2 Å². The summed E-state index contributed by atoms with van der Waals surface area (Å²) in [5.41, 5.74) is 0.833. The van der Waals surface area contributed by atoms with Crippen LogP contribution in [-0.2, 0) is 0 Å². The molecule has 1 aromatic rings. The van der Waals surface area contributed by atoms with Crippen molar-refractivity contribution in [3.8, 4) is 0 Å². The van der Waals surface area contributed by atoms with Crippen molar-refractivity contribution in [1.29, 1.82) is 0 Å². The highest BCUT2D eigenvalue weighted by molar-refractivity contribution is 7.13. The van der Waals surface area contributed by atoms with E-state index >= 15 is 0 Å². The van der Waals surface area contributed by atoms with Crippen LogP contribution in [0.5, 0.6) is 0 Å². The highest BCUT2D eigenvalue weighted by atomic mass is 32.1. The first-order valence-electron chi connectivity index (χ1n) is 8.58. The van der Waals surface area contributed by atoms with Crippen molar-refractivity contribution >= 4 is 17.2 Å². The Kier molecular flexibility index (Phi) is 5.14. The highest BCUT2D eigenvalue weighted by Gasteiger charge is 2.26. The van der Waals surface area contributed by atoms with Crippen molar-refractivity contribution in [3.05, 3.63) is 15.6 Å². The number of amides is 1. The number of carbonyl (C=O) groups excluding carboxylic acids is 1. The fourth-order valence-electron chi connectivity index (χ4n) is 3.76.